The van der Waals surface area contributed by atoms with Crippen molar-refractivity contribution in [2.24, 2.45) is 4.99 Å². The van der Waals surface area contributed by atoms with Crippen LogP contribution in [0.1, 0.15) is 37.0 Å². The third kappa shape index (κ3) is 7.80. The summed E-state index contributed by atoms with van der Waals surface area (Å²) in [5.41, 5.74) is 5.04. The van der Waals surface area contributed by atoms with E-state index in [0.717, 1.165) is 16.1 Å². The van der Waals surface area contributed by atoms with E-state index in [0.29, 0.717) is 17.7 Å². The summed E-state index contributed by atoms with van der Waals surface area (Å²) in [5.74, 6) is -0.434. The zero-order valence-corrected chi connectivity index (χ0v) is 20.3. The Balaban J connectivity index is 1.86. The van der Waals surface area contributed by atoms with Crippen molar-refractivity contribution in [3.63, 3.8) is 0 Å². The normalized spacial score (nSPS) is 11.8. The molecule has 0 fully saturated rings. The summed E-state index contributed by atoms with van der Waals surface area (Å²) in [5, 5.41) is 1.03. The molecular weight excluding hydrogens is 458 g/mol. The van der Waals surface area contributed by atoms with Crippen molar-refractivity contribution < 1.29 is 23.9 Å². The van der Waals surface area contributed by atoms with Crippen LogP contribution in [-0.4, -0.2) is 34.9 Å². The van der Waals surface area contributed by atoms with Crippen LogP contribution in [0.3, 0.4) is 0 Å². The van der Waals surface area contributed by atoms with Crippen molar-refractivity contribution in [3.05, 3.63) is 108 Å². The highest BCUT2D eigenvalue weighted by Gasteiger charge is 2.31. The number of benzene rings is 3. The van der Waals surface area contributed by atoms with E-state index in [4.69, 9.17) is 9.47 Å². The van der Waals surface area contributed by atoms with Gasteiger partial charge in [-0.1, -0.05) is 97.9 Å². The molecule has 0 bridgehead atoms. The monoisotopic (exact) mass is 487 g/mol. The number of nitrogens with zero attached hydrogens (tertiary/aromatic N) is 2. The first-order valence-electron chi connectivity index (χ1n) is 11.6. The molecule has 0 spiro atoms. The summed E-state index contributed by atoms with van der Waals surface area (Å²) in [6, 6.07) is 26.6. The Hall–Kier alpha value is -4.46. The molecule has 3 aromatic rings. The lowest BCUT2D eigenvalue weighted by atomic mass is 10.0. The summed E-state index contributed by atoms with van der Waals surface area (Å²) in [7, 11) is 0. The van der Waals surface area contributed by atoms with E-state index in [9.17, 15) is 14.4 Å². The largest absolute Gasteiger partial charge is 0.443 e. The Morgan fingerprint density at radius 1 is 0.806 bits per heavy atom. The molecule has 1 atom stereocenters. The Labute approximate surface area is 210 Å². The van der Waals surface area contributed by atoms with Crippen LogP contribution in [0.15, 0.2) is 96.0 Å². The van der Waals surface area contributed by atoms with Gasteiger partial charge in [0.2, 0.25) is 5.91 Å². The molecule has 1 N–H and O–H groups in total. The number of hydrazine groups is 1. The maximum Gasteiger partial charge on any atom is 0.429 e. The van der Waals surface area contributed by atoms with E-state index >= 15 is 0 Å². The second kappa shape index (κ2) is 13.4. The average Bonchev–Trinajstić information content (AvgIpc) is 2.91. The Bertz CT molecular complexity index is 1170. The summed E-state index contributed by atoms with van der Waals surface area (Å²) < 4.78 is 10.8. The fourth-order valence-corrected chi connectivity index (χ4v) is 3.50. The van der Waals surface area contributed by atoms with Crippen LogP contribution >= 0.6 is 0 Å². The molecule has 0 radical (unpaired) electrons. The molecule has 0 aromatic heterocycles. The van der Waals surface area contributed by atoms with Crippen LogP contribution in [0.4, 0.5) is 9.59 Å². The first-order chi connectivity index (χ1) is 17.5. The smallest absolute Gasteiger partial charge is 0.429 e. The predicted molar refractivity (Wildman–Crippen MR) is 136 cm³/mol. The van der Waals surface area contributed by atoms with Gasteiger partial charge in [0.25, 0.3) is 0 Å². The highest BCUT2D eigenvalue weighted by atomic mass is 16.6. The van der Waals surface area contributed by atoms with Gasteiger partial charge in [-0.3, -0.25) is 4.79 Å². The quantitative estimate of drug-likeness (QED) is 0.344. The van der Waals surface area contributed by atoms with E-state index < -0.39 is 24.1 Å². The molecule has 1 unspecified atom stereocenters. The summed E-state index contributed by atoms with van der Waals surface area (Å²) >= 11 is 0. The molecule has 3 aromatic carbocycles. The van der Waals surface area contributed by atoms with Gasteiger partial charge < -0.3 is 9.47 Å². The van der Waals surface area contributed by atoms with E-state index in [-0.39, 0.29) is 13.2 Å². The first-order valence-corrected chi connectivity index (χ1v) is 11.6. The van der Waals surface area contributed by atoms with Gasteiger partial charge in [0, 0.05) is 6.92 Å². The fourth-order valence-electron chi connectivity index (χ4n) is 3.50. The average molecular weight is 488 g/mol. The van der Waals surface area contributed by atoms with E-state index in [1.807, 2.05) is 73.7 Å². The van der Waals surface area contributed by atoms with Gasteiger partial charge in [-0.25, -0.2) is 25.0 Å². The molecule has 36 heavy (non-hydrogen) atoms. The number of ether oxygens (including phenoxy) is 2. The summed E-state index contributed by atoms with van der Waals surface area (Å²) in [4.78, 5) is 42.1. The highest BCUT2D eigenvalue weighted by molar-refractivity contribution is 6.10. The third-order valence-corrected chi connectivity index (χ3v) is 5.19. The van der Waals surface area contributed by atoms with Crippen molar-refractivity contribution in [3.8, 4) is 0 Å². The van der Waals surface area contributed by atoms with Gasteiger partial charge in [0.15, 0.2) is 0 Å². The molecule has 0 saturated carbocycles. The second-order valence-electron chi connectivity index (χ2n) is 7.89. The maximum atomic E-state index is 13.2. The fraction of sp³-hybridized carbons (Fsp3) is 0.214. The minimum Gasteiger partial charge on any atom is -0.443 e. The van der Waals surface area contributed by atoms with Crippen LogP contribution in [-0.2, 0) is 27.5 Å². The summed E-state index contributed by atoms with van der Waals surface area (Å²) in [6.45, 7) is 3.16. The molecular formula is C28H29N3O5. The van der Waals surface area contributed by atoms with E-state index in [1.54, 1.807) is 24.3 Å². The molecule has 3 rings (SSSR count). The topological polar surface area (TPSA) is 97.3 Å². The third-order valence-electron chi connectivity index (χ3n) is 5.19. The number of rotatable bonds is 8. The van der Waals surface area contributed by atoms with Crippen LogP contribution in [0, 0.1) is 0 Å². The van der Waals surface area contributed by atoms with E-state index in [1.165, 1.54) is 6.92 Å². The van der Waals surface area contributed by atoms with Crippen molar-refractivity contribution >= 4 is 23.8 Å². The van der Waals surface area contributed by atoms with Gasteiger partial charge in [-0.2, -0.15) is 0 Å². The maximum absolute atomic E-state index is 13.2. The molecule has 8 nitrogen and oxygen atoms in total. The zero-order valence-electron chi connectivity index (χ0n) is 20.3. The number of carbonyl (C=O) groups excluding carboxylic acids is 3. The van der Waals surface area contributed by atoms with Crippen molar-refractivity contribution in [2.45, 2.75) is 39.5 Å². The second-order valence-corrected chi connectivity index (χ2v) is 7.89. The van der Waals surface area contributed by atoms with Crippen LogP contribution in [0.5, 0.6) is 0 Å². The molecule has 186 valence electrons. The molecule has 3 amide bonds. The number of nitrogens with one attached hydrogen (secondary N) is 1. The molecule has 0 heterocycles. The standard InChI is InChI=1S/C28H29N3O5/c1-3-25(26(29-21(2)32)24-17-11-6-12-18-24)31(28(34)36-20-23-15-9-5-10-16-23)30-27(33)35-19-22-13-7-4-8-14-22/h4-18,25H,3,19-20H2,1-2H3,(H,30,33). The Kier molecular flexibility index (Phi) is 9.76. The summed E-state index contributed by atoms with van der Waals surface area (Å²) in [6.07, 6.45) is -1.32. The van der Waals surface area contributed by atoms with Crippen LogP contribution < -0.4 is 5.43 Å². The lowest BCUT2D eigenvalue weighted by molar-refractivity contribution is -0.115. The molecule has 8 heteroatoms. The van der Waals surface area contributed by atoms with Gasteiger partial charge in [0.05, 0.1) is 11.8 Å². The number of aliphatic imine (C=N–C) groups is 1. The Morgan fingerprint density at radius 3 is 1.81 bits per heavy atom. The molecule has 0 saturated heterocycles. The minimum absolute atomic E-state index is 0.00211. The predicted octanol–water partition coefficient (Wildman–Crippen LogP) is 5.28. The first kappa shape index (κ1) is 26.2. The SMILES string of the molecule is CCC(C(=NC(C)=O)c1ccccc1)N(NC(=O)OCc1ccccc1)C(=O)OCc1ccccc1. The molecule has 0 aliphatic heterocycles. The van der Waals surface area contributed by atoms with Crippen molar-refractivity contribution in [2.75, 3.05) is 0 Å². The van der Waals surface area contributed by atoms with Crippen molar-refractivity contribution in [1.29, 1.82) is 0 Å². The minimum atomic E-state index is -0.843. The number of hydrogen-bond acceptors (Lipinski definition) is 5. The van der Waals surface area contributed by atoms with Gasteiger partial charge in [0.1, 0.15) is 13.2 Å². The van der Waals surface area contributed by atoms with Gasteiger partial charge in [-0.15, -0.1) is 0 Å². The lowest BCUT2D eigenvalue weighted by Gasteiger charge is -2.31. The lowest BCUT2D eigenvalue weighted by Crippen LogP contribution is -2.55. The van der Waals surface area contributed by atoms with Gasteiger partial charge in [-0.05, 0) is 23.1 Å². The molecule has 0 aliphatic rings. The van der Waals surface area contributed by atoms with Gasteiger partial charge >= 0.3 is 12.2 Å². The highest BCUT2D eigenvalue weighted by Crippen LogP contribution is 2.16. The van der Waals surface area contributed by atoms with Crippen molar-refractivity contribution in [1.82, 2.24) is 10.4 Å². The Morgan fingerprint density at radius 2 is 1.31 bits per heavy atom. The number of carbonyl (C=O) groups is 3. The van der Waals surface area contributed by atoms with E-state index in [2.05, 4.69) is 10.4 Å². The number of amides is 3. The number of hydrogen-bond donors (Lipinski definition) is 1. The van der Waals surface area contributed by atoms with Crippen LogP contribution in [0.2, 0.25) is 0 Å². The zero-order chi connectivity index (χ0) is 25.8. The molecule has 0 aliphatic carbocycles. The van der Waals surface area contributed by atoms with Crippen LogP contribution in [0.25, 0.3) is 0 Å².